The maximum Gasteiger partial charge on any atom is 0.172 e. The molecule has 0 saturated carbocycles. The summed E-state index contributed by atoms with van der Waals surface area (Å²) >= 11 is 1.62. The number of Topliss-reactive ketones (excluding diaryl/α,β-unsaturated/α-hetero) is 1. The number of carbonyl (C=O) groups excluding carboxylic acids is 1. The fourth-order valence-electron chi connectivity index (χ4n) is 0.987. The summed E-state index contributed by atoms with van der Waals surface area (Å²) in [5.41, 5.74) is 0. The normalized spacial score (nSPS) is 10.7. The number of hydrogen-bond donors (Lipinski definition) is 0. The maximum absolute atomic E-state index is 11.3. The smallest absolute Gasteiger partial charge is 0.172 e. The van der Waals surface area contributed by atoms with Gasteiger partial charge < -0.3 is 0 Å². The van der Waals surface area contributed by atoms with Gasteiger partial charge in [0.15, 0.2) is 5.78 Å². The van der Waals surface area contributed by atoms with Crippen molar-refractivity contribution in [2.24, 2.45) is 0 Å². The van der Waals surface area contributed by atoms with Gasteiger partial charge in [0.1, 0.15) is 0 Å². The first-order valence-corrected chi connectivity index (χ1v) is 5.09. The summed E-state index contributed by atoms with van der Waals surface area (Å²) in [5, 5.41) is 0. The highest BCUT2D eigenvalue weighted by molar-refractivity contribution is 7.14. The molecule has 2 heteroatoms. The van der Waals surface area contributed by atoms with Crippen molar-refractivity contribution in [1.82, 2.24) is 0 Å². The molecule has 0 aromatic carbocycles. The van der Waals surface area contributed by atoms with E-state index in [4.69, 9.17) is 0 Å². The average Bonchev–Trinajstić information content (AvgIpc) is 2.51. The van der Waals surface area contributed by atoms with Crippen molar-refractivity contribution < 1.29 is 4.79 Å². The van der Waals surface area contributed by atoms with E-state index in [1.54, 1.807) is 11.3 Å². The Morgan fingerprint density at radius 1 is 1.50 bits per heavy atom. The van der Waals surface area contributed by atoms with Gasteiger partial charge in [-0.1, -0.05) is 20.8 Å². The van der Waals surface area contributed by atoms with Gasteiger partial charge in [-0.05, 0) is 18.1 Å². The Hall–Kier alpha value is -0.630. The Bertz CT molecular complexity index is 273. The molecule has 0 aliphatic heterocycles. The van der Waals surface area contributed by atoms with E-state index in [-0.39, 0.29) is 5.78 Å². The third-order valence-corrected chi connectivity index (χ3v) is 3.22. The molecular formula is C10H14OS. The average molecular weight is 182 g/mol. The van der Waals surface area contributed by atoms with E-state index in [2.05, 4.69) is 19.9 Å². The second kappa shape index (κ2) is 3.85. The molecule has 0 N–H and O–H groups in total. The lowest BCUT2D eigenvalue weighted by atomic mass is 10.2. The van der Waals surface area contributed by atoms with E-state index >= 15 is 0 Å². The summed E-state index contributed by atoms with van der Waals surface area (Å²) < 4.78 is 0. The second-order valence-corrected chi connectivity index (χ2v) is 4.25. The highest BCUT2D eigenvalue weighted by Crippen LogP contribution is 2.24. The molecule has 0 atom stereocenters. The molecule has 0 radical (unpaired) electrons. The topological polar surface area (TPSA) is 17.1 Å². The zero-order valence-corrected chi connectivity index (χ0v) is 8.57. The highest BCUT2D eigenvalue weighted by atomic mass is 32.1. The van der Waals surface area contributed by atoms with E-state index < -0.39 is 0 Å². The zero-order chi connectivity index (χ0) is 9.14. The molecule has 0 fully saturated rings. The number of ketones is 1. The Labute approximate surface area is 77.4 Å². The molecular weight excluding hydrogens is 168 g/mol. The van der Waals surface area contributed by atoms with Crippen LogP contribution in [-0.2, 0) is 0 Å². The van der Waals surface area contributed by atoms with Crippen LogP contribution in [0, 0.1) is 0 Å². The van der Waals surface area contributed by atoms with Crippen molar-refractivity contribution >= 4 is 17.1 Å². The van der Waals surface area contributed by atoms with Gasteiger partial charge in [0.05, 0.1) is 4.88 Å². The van der Waals surface area contributed by atoms with Crippen molar-refractivity contribution in [2.45, 2.75) is 33.1 Å². The van der Waals surface area contributed by atoms with Gasteiger partial charge in [-0.2, -0.15) is 0 Å². The molecule has 0 bridgehead atoms. The summed E-state index contributed by atoms with van der Waals surface area (Å²) in [4.78, 5) is 13.5. The third-order valence-electron chi connectivity index (χ3n) is 1.79. The van der Waals surface area contributed by atoms with Crippen molar-refractivity contribution in [1.29, 1.82) is 0 Å². The standard InChI is InChI=1S/C10H14OS/c1-4-8(11)10-6-5-9(12-10)7(2)3/h5-7H,4H2,1-3H3. The Morgan fingerprint density at radius 2 is 2.17 bits per heavy atom. The lowest BCUT2D eigenvalue weighted by molar-refractivity contribution is 0.0992. The first kappa shape index (κ1) is 9.46. The molecule has 1 heterocycles. The van der Waals surface area contributed by atoms with E-state index in [1.165, 1.54) is 4.88 Å². The minimum absolute atomic E-state index is 0.256. The predicted octanol–water partition coefficient (Wildman–Crippen LogP) is 3.46. The van der Waals surface area contributed by atoms with Gasteiger partial charge in [0.25, 0.3) is 0 Å². The Kier molecular flexibility index (Phi) is 3.04. The lowest BCUT2D eigenvalue weighted by Crippen LogP contribution is -1.90. The second-order valence-electron chi connectivity index (χ2n) is 3.13. The molecule has 0 spiro atoms. The molecule has 0 aliphatic carbocycles. The molecule has 1 nitrogen and oxygen atoms in total. The minimum Gasteiger partial charge on any atom is -0.293 e. The van der Waals surface area contributed by atoms with Crippen LogP contribution in [0.2, 0.25) is 0 Å². The number of carbonyl (C=O) groups is 1. The van der Waals surface area contributed by atoms with Gasteiger partial charge in [0.2, 0.25) is 0 Å². The van der Waals surface area contributed by atoms with Gasteiger partial charge in [-0.3, -0.25) is 4.79 Å². The van der Waals surface area contributed by atoms with Crippen LogP contribution in [0.3, 0.4) is 0 Å². The predicted molar refractivity (Wildman–Crippen MR) is 53.0 cm³/mol. The third kappa shape index (κ3) is 1.95. The van der Waals surface area contributed by atoms with E-state index in [0.29, 0.717) is 12.3 Å². The highest BCUT2D eigenvalue weighted by Gasteiger charge is 2.08. The Balaban J connectivity index is 2.84. The SMILES string of the molecule is CCC(=O)c1ccc(C(C)C)s1. The van der Waals surface area contributed by atoms with Crippen LogP contribution in [0.1, 0.15) is 47.7 Å². The fraction of sp³-hybridized carbons (Fsp3) is 0.500. The largest absolute Gasteiger partial charge is 0.293 e. The molecule has 1 rings (SSSR count). The van der Waals surface area contributed by atoms with Crippen LogP contribution in [0.4, 0.5) is 0 Å². The quantitative estimate of drug-likeness (QED) is 0.654. The molecule has 1 aromatic rings. The van der Waals surface area contributed by atoms with Crippen LogP contribution in [0.5, 0.6) is 0 Å². The first-order valence-electron chi connectivity index (χ1n) is 4.28. The summed E-state index contributed by atoms with van der Waals surface area (Å²) in [6.45, 7) is 6.19. The fourth-order valence-corrected chi connectivity index (χ4v) is 2.01. The molecule has 0 aliphatic rings. The zero-order valence-electron chi connectivity index (χ0n) is 7.76. The minimum atomic E-state index is 0.256. The summed E-state index contributed by atoms with van der Waals surface area (Å²) in [6.07, 6.45) is 0.609. The monoisotopic (exact) mass is 182 g/mol. The lowest BCUT2D eigenvalue weighted by Gasteiger charge is -1.97. The molecule has 0 saturated heterocycles. The number of thiophene rings is 1. The van der Waals surface area contributed by atoms with Crippen LogP contribution >= 0.6 is 11.3 Å². The van der Waals surface area contributed by atoms with Gasteiger partial charge >= 0.3 is 0 Å². The van der Waals surface area contributed by atoms with Crippen LogP contribution < -0.4 is 0 Å². The van der Waals surface area contributed by atoms with Crippen LogP contribution in [0.25, 0.3) is 0 Å². The van der Waals surface area contributed by atoms with Crippen molar-refractivity contribution in [3.63, 3.8) is 0 Å². The van der Waals surface area contributed by atoms with Gasteiger partial charge in [-0.15, -0.1) is 11.3 Å². The number of hydrogen-bond acceptors (Lipinski definition) is 2. The Morgan fingerprint density at radius 3 is 2.58 bits per heavy atom. The number of rotatable bonds is 3. The van der Waals surface area contributed by atoms with E-state index in [0.717, 1.165) is 4.88 Å². The summed E-state index contributed by atoms with van der Waals surface area (Å²) in [7, 11) is 0. The van der Waals surface area contributed by atoms with Gasteiger partial charge in [0, 0.05) is 11.3 Å². The maximum atomic E-state index is 11.3. The van der Waals surface area contributed by atoms with E-state index in [1.807, 2.05) is 13.0 Å². The van der Waals surface area contributed by atoms with Crippen molar-refractivity contribution in [2.75, 3.05) is 0 Å². The van der Waals surface area contributed by atoms with Crippen molar-refractivity contribution in [3.8, 4) is 0 Å². The van der Waals surface area contributed by atoms with Crippen LogP contribution in [0.15, 0.2) is 12.1 Å². The van der Waals surface area contributed by atoms with E-state index in [9.17, 15) is 4.79 Å². The molecule has 66 valence electrons. The first-order chi connectivity index (χ1) is 5.65. The molecule has 0 amide bonds. The van der Waals surface area contributed by atoms with Gasteiger partial charge in [-0.25, -0.2) is 0 Å². The molecule has 0 unspecified atom stereocenters. The van der Waals surface area contributed by atoms with Crippen LogP contribution in [-0.4, -0.2) is 5.78 Å². The molecule has 1 aromatic heterocycles. The summed E-state index contributed by atoms with van der Waals surface area (Å²) in [5.74, 6) is 0.792. The summed E-state index contributed by atoms with van der Waals surface area (Å²) in [6, 6.07) is 3.99. The van der Waals surface area contributed by atoms with Crippen molar-refractivity contribution in [3.05, 3.63) is 21.9 Å². The molecule has 12 heavy (non-hydrogen) atoms.